The Kier molecular flexibility index (Phi) is 3.95. The van der Waals surface area contributed by atoms with E-state index in [4.69, 9.17) is 9.40 Å². The van der Waals surface area contributed by atoms with Gasteiger partial charge in [-0.05, 0) is 61.7 Å². The van der Waals surface area contributed by atoms with Crippen LogP contribution < -0.4 is 0 Å². The van der Waals surface area contributed by atoms with Gasteiger partial charge in [-0.15, -0.1) is 0 Å². The van der Waals surface area contributed by atoms with Gasteiger partial charge in [0.2, 0.25) is 5.71 Å². The van der Waals surface area contributed by atoms with Crippen LogP contribution in [-0.2, 0) is 0 Å². The molecule has 0 atom stereocenters. The molecule has 0 fully saturated rings. The monoisotopic (exact) mass is 382 g/mol. The molecule has 0 bridgehead atoms. The molecular weight excluding hydrogens is 363 g/mol. The van der Waals surface area contributed by atoms with Gasteiger partial charge in [0.1, 0.15) is 11.4 Å². The Labute approximate surface area is 167 Å². The number of nitrogens with zero attached hydrogens (tertiary/aromatic N) is 2. The van der Waals surface area contributed by atoms with E-state index in [1.54, 1.807) is 13.0 Å². The predicted molar refractivity (Wildman–Crippen MR) is 114 cm³/mol. The first-order valence-electron chi connectivity index (χ1n) is 9.54. The molecule has 0 saturated heterocycles. The molecule has 5 aromatic rings. The highest BCUT2D eigenvalue weighted by molar-refractivity contribution is 6.08. The summed E-state index contributed by atoms with van der Waals surface area (Å²) in [6.45, 7) is 5.92. The van der Waals surface area contributed by atoms with Crippen molar-refractivity contribution in [3.63, 3.8) is 0 Å². The van der Waals surface area contributed by atoms with Crippen molar-refractivity contribution in [1.29, 1.82) is 0 Å². The van der Waals surface area contributed by atoms with Crippen LogP contribution in [0.15, 0.2) is 65.2 Å². The molecule has 0 saturated carbocycles. The first-order valence-corrected chi connectivity index (χ1v) is 9.54. The molecule has 3 nitrogen and oxygen atoms in total. The van der Waals surface area contributed by atoms with Gasteiger partial charge >= 0.3 is 0 Å². The Balaban J connectivity index is 1.74. The highest BCUT2D eigenvalue weighted by Gasteiger charge is 2.16. The molecule has 5 rings (SSSR count). The van der Waals surface area contributed by atoms with Crippen molar-refractivity contribution in [3.05, 3.63) is 83.3 Å². The quantitative estimate of drug-likeness (QED) is 0.338. The standard InChI is InChI=1S/C25H19FN2O/c1-14-6-4-7-15(2)23(14)21-11-10-18-17-8-5-9-19(24(17)29-25(18)28-21)22-12-16(3)20(26)13-27-22/h4-13H,1-3H3. The van der Waals surface area contributed by atoms with Gasteiger partial charge in [-0.25, -0.2) is 9.37 Å². The van der Waals surface area contributed by atoms with Crippen LogP contribution >= 0.6 is 0 Å². The molecule has 0 N–H and O–H groups in total. The highest BCUT2D eigenvalue weighted by atomic mass is 19.1. The van der Waals surface area contributed by atoms with Crippen molar-refractivity contribution in [3.8, 4) is 22.5 Å². The number of hydrogen-bond donors (Lipinski definition) is 0. The molecular formula is C25H19FN2O. The van der Waals surface area contributed by atoms with Crippen LogP contribution in [0.25, 0.3) is 44.6 Å². The fraction of sp³-hybridized carbons (Fsp3) is 0.120. The van der Waals surface area contributed by atoms with Crippen molar-refractivity contribution < 1.29 is 8.81 Å². The number of para-hydroxylation sites is 1. The van der Waals surface area contributed by atoms with Crippen LogP contribution in [0.1, 0.15) is 16.7 Å². The lowest BCUT2D eigenvalue weighted by molar-refractivity contribution is 0.612. The van der Waals surface area contributed by atoms with Gasteiger partial charge in [-0.1, -0.05) is 30.3 Å². The van der Waals surface area contributed by atoms with Crippen LogP contribution in [-0.4, -0.2) is 9.97 Å². The zero-order valence-electron chi connectivity index (χ0n) is 16.5. The molecule has 0 amide bonds. The van der Waals surface area contributed by atoms with Gasteiger partial charge in [-0.3, -0.25) is 4.98 Å². The first kappa shape index (κ1) is 17.6. The molecule has 142 valence electrons. The van der Waals surface area contributed by atoms with Crippen molar-refractivity contribution in [2.45, 2.75) is 20.8 Å². The van der Waals surface area contributed by atoms with Gasteiger partial charge in [0, 0.05) is 21.9 Å². The molecule has 0 aliphatic rings. The number of aromatic nitrogens is 2. The van der Waals surface area contributed by atoms with Gasteiger partial charge in [-0.2, -0.15) is 0 Å². The normalized spacial score (nSPS) is 11.4. The van der Waals surface area contributed by atoms with E-state index in [9.17, 15) is 4.39 Å². The maximum atomic E-state index is 13.7. The second kappa shape index (κ2) is 6.52. The zero-order chi connectivity index (χ0) is 20.1. The third-order valence-electron chi connectivity index (χ3n) is 5.42. The Morgan fingerprint density at radius 2 is 1.55 bits per heavy atom. The van der Waals surface area contributed by atoms with Crippen molar-refractivity contribution in [2.75, 3.05) is 0 Å². The fourth-order valence-electron chi connectivity index (χ4n) is 3.93. The maximum absolute atomic E-state index is 13.7. The Hall–Kier alpha value is -3.53. The summed E-state index contributed by atoms with van der Waals surface area (Å²) in [5, 5.41) is 1.93. The Morgan fingerprint density at radius 1 is 0.793 bits per heavy atom. The summed E-state index contributed by atoms with van der Waals surface area (Å²) >= 11 is 0. The van der Waals surface area contributed by atoms with Crippen LogP contribution in [0.5, 0.6) is 0 Å². The van der Waals surface area contributed by atoms with E-state index in [0.717, 1.165) is 27.6 Å². The van der Waals surface area contributed by atoms with Crippen LogP contribution in [0.4, 0.5) is 4.39 Å². The molecule has 3 aromatic heterocycles. The summed E-state index contributed by atoms with van der Waals surface area (Å²) in [5.74, 6) is -0.314. The van der Waals surface area contributed by atoms with Crippen molar-refractivity contribution in [1.82, 2.24) is 9.97 Å². The van der Waals surface area contributed by atoms with E-state index in [1.165, 1.54) is 17.3 Å². The lowest BCUT2D eigenvalue weighted by Crippen LogP contribution is -1.90. The van der Waals surface area contributed by atoms with Crippen LogP contribution in [0, 0.1) is 26.6 Å². The summed E-state index contributed by atoms with van der Waals surface area (Å²) < 4.78 is 19.9. The summed E-state index contributed by atoms with van der Waals surface area (Å²) in [4.78, 5) is 9.09. The smallest absolute Gasteiger partial charge is 0.227 e. The minimum absolute atomic E-state index is 0.314. The van der Waals surface area contributed by atoms with Crippen LogP contribution in [0.2, 0.25) is 0 Å². The molecule has 3 heterocycles. The average Bonchev–Trinajstić information content (AvgIpc) is 3.08. The lowest BCUT2D eigenvalue weighted by Gasteiger charge is -2.08. The average molecular weight is 382 g/mol. The van der Waals surface area contributed by atoms with Gasteiger partial charge in [0.15, 0.2) is 0 Å². The minimum Gasteiger partial charge on any atom is -0.437 e. The lowest BCUT2D eigenvalue weighted by atomic mass is 9.99. The molecule has 0 aliphatic heterocycles. The van der Waals surface area contributed by atoms with Gasteiger partial charge in [0.05, 0.1) is 17.6 Å². The molecule has 29 heavy (non-hydrogen) atoms. The largest absolute Gasteiger partial charge is 0.437 e. The number of aryl methyl sites for hydroxylation is 3. The maximum Gasteiger partial charge on any atom is 0.227 e. The first-order chi connectivity index (χ1) is 14.0. The third kappa shape index (κ3) is 2.80. The highest BCUT2D eigenvalue weighted by Crippen LogP contribution is 2.36. The molecule has 0 aliphatic carbocycles. The predicted octanol–water partition coefficient (Wildman–Crippen LogP) is 6.77. The Bertz CT molecular complexity index is 1380. The molecule has 0 unspecified atom stereocenters. The molecule has 4 heteroatoms. The number of halogens is 1. The van der Waals surface area contributed by atoms with E-state index in [-0.39, 0.29) is 5.82 Å². The number of benzene rings is 2. The second-order valence-corrected chi connectivity index (χ2v) is 7.42. The number of furan rings is 1. The number of rotatable bonds is 2. The number of hydrogen-bond acceptors (Lipinski definition) is 3. The van der Waals surface area contributed by atoms with E-state index >= 15 is 0 Å². The summed E-state index contributed by atoms with van der Waals surface area (Å²) in [7, 11) is 0. The van der Waals surface area contributed by atoms with Gasteiger partial charge in [0.25, 0.3) is 0 Å². The van der Waals surface area contributed by atoms with E-state index in [1.807, 2.05) is 24.3 Å². The summed E-state index contributed by atoms with van der Waals surface area (Å²) in [6, 6.07) is 18.0. The van der Waals surface area contributed by atoms with Crippen molar-refractivity contribution in [2.24, 2.45) is 0 Å². The number of fused-ring (bicyclic) bond motifs is 3. The fourth-order valence-corrected chi connectivity index (χ4v) is 3.93. The number of pyridine rings is 2. The second-order valence-electron chi connectivity index (χ2n) is 7.42. The SMILES string of the molecule is Cc1cc(-c2cccc3c2oc2nc(-c4c(C)cccc4C)ccc23)ncc1F. The topological polar surface area (TPSA) is 38.9 Å². The third-order valence-corrected chi connectivity index (χ3v) is 5.42. The molecule has 0 radical (unpaired) electrons. The Morgan fingerprint density at radius 3 is 2.31 bits per heavy atom. The zero-order valence-corrected chi connectivity index (χ0v) is 16.5. The minimum atomic E-state index is -0.314. The van der Waals surface area contributed by atoms with Gasteiger partial charge < -0.3 is 4.42 Å². The van der Waals surface area contributed by atoms with Crippen LogP contribution in [0.3, 0.4) is 0 Å². The summed E-state index contributed by atoms with van der Waals surface area (Å²) in [6.07, 6.45) is 1.25. The van der Waals surface area contributed by atoms with E-state index < -0.39 is 0 Å². The molecule has 2 aromatic carbocycles. The summed E-state index contributed by atoms with van der Waals surface area (Å²) in [5.41, 5.74) is 7.76. The van der Waals surface area contributed by atoms with E-state index in [2.05, 4.69) is 43.1 Å². The van der Waals surface area contributed by atoms with E-state index in [0.29, 0.717) is 22.6 Å². The molecule has 0 spiro atoms. The van der Waals surface area contributed by atoms with Crippen molar-refractivity contribution >= 4 is 22.1 Å².